The first-order valence-electron chi connectivity index (χ1n) is 7.87. The first kappa shape index (κ1) is 22.2. The van der Waals surface area contributed by atoms with Crippen molar-refractivity contribution in [3.8, 4) is 5.75 Å². The highest BCUT2D eigenvalue weighted by Gasteiger charge is 2.25. The van der Waals surface area contributed by atoms with Crippen LogP contribution in [-0.2, 0) is 4.79 Å². The van der Waals surface area contributed by atoms with Crippen molar-refractivity contribution in [2.24, 2.45) is 5.92 Å². The third-order valence-electron chi connectivity index (χ3n) is 3.49. The van der Waals surface area contributed by atoms with Gasteiger partial charge in [-0.25, -0.2) is 0 Å². The molecular formula is C17H28ClN3O3. The van der Waals surface area contributed by atoms with Gasteiger partial charge in [-0.05, 0) is 38.1 Å². The molecule has 0 fully saturated rings. The fourth-order valence-electron chi connectivity index (χ4n) is 2.17. The van der Waals surface area contributed by atoms with Crippen LogP contribution in [0.25, 0.3) is 0 Å². The van der Waals surface area contributed by atoms with Crippen molar-refractivity contribution in [1.82, 2.24) is 16.0 Å². The van der Waals surface area contributed by atoms with Crippen LogP contribution in [-0.4, -0.2) is 45.1 Å². The lowest BCUT2D eigenvalue weighted by molar-refractivity contribution is -0.123. The quantitative estimate of drug-likeness (QED) is 0.586. The van der Waals surface area contributed by atoms with Gasteiger partial charge in [0.2, 0.25) is 5.91 Å². The molecule has 7 heteroatoms. The minimum absolute atomic E-state index is 0. The van der Waals surface area contributed by atoms with E-state index in [1.807, 2.05) is 20.9 Å². The van der Waals surface area contributed by atoms with Crippen LogP contribution in [0, 0.1) is 5.92 Å². The fourth-order valence-corrected chi connectivity index (χ4v) is 2.17. The summed E-state index contributed by atoms with van der Waals surface area (Å²) in [5.74, 6) is -0.00855. The molecule has 0 aliphatic carbocycles. The van der Waals surface area contributed by atoms with Crippen LogP contribution in [0.1, 0.15) is 30.6 Å². The van der Waals surface area contributed by atoms with E-state index < -0.39 is 6.04 Å². The van der Waals surface area contributed by atoms with Crippen molar-refractivity contribution in [1.29, 1.82) is 0 Å². The van der Waals surface area contributed by atoms with Crippen molar-refractivity contribution >= 4 is 24.2 Å². The maximum Gasteiger partial charge on any atom is 0.255 e. The Bertz CT molecular complexity index is 524. The molecule has 0 spiro atoms. The maximum atomic E-state index is 12.4. The summed E-state index contributed by atoms with van der Waals surface area (Å²) in [4.78, 5) is 24.7. The minimum atomic E-state index is -0.581. The van der Waals surface area contributed by atoms with E-state index >= 15 is 0 Å². The summed E-state index contributed by atoms with van der Waals surface area (Å²) in [5, 5.41) is 8.69. The van der Waals surface area contributed by atoms with Crippen LogP contribution in [0.2, 0.25) is 0 Å². The molecule has 1 aromatic rings. The van der Waals surface area contributed by atoms with Crippen molar-refractivity contribution in [3.63, 3.8) is 0 Å². The molecule has 1 atom stereocenters. The summed E-state index contributed by atoms with van der Waals surface area (Å²) < 4.78 is 5.19. The Morgan fingerprint density at radius 1 is 1.17 bits per heavy atom. The Morgan fingerprint density at radius 3 is 2.42 bits per heavy atom. The monoisotopic (exact) mass is 357 g/mol. The van der Waals surface area contributed by atoms with Gasteiger partial charge in [0.15, 0.2) is 0 Å². The maximum absolute atomic E-state index is 12.4. The Labute approximate surface area is 150 Å². The van der Waals surface area contributed by atoms with E-state index in [9.17, 15) is 9.59 Å². The van der Waals surface area contributed by atoms with Gasteiger partial charge < -0.3 is 20.7 Å². The van der Waals surface area contributed by atoms with Gasteiger partial charge in [-0.15, -0.1) is 12.4 Å². The van der Waals surface area contributed by atoms with Crippen LogP contribution in [0.3, 0.4) is 0 Å². The average Bonchev–Trinajstić information content (AvgIpc) is 2.55. The van der Waals surface area contributed by atoms with Crippen molar-refractivity contribution in [2.45, 2.75) is 26.3 Å². The van der Waals surface area contributed by atoms with Gasteiger partial charge in [-0.3, -0.25) is 9.59 Å². The summed E-state index contributed by atoms with van der Waals surface area (Å²) in [5.41, 5.74) is 0.420. The van der Waals surface area contributed by atoms with Crippen molar-refractivity contribution < 1.29 is 14.3 Å². The Balaban J connectivity index is 0.00000529. The van der Waals surface area contributed by atoms with E-state index in [-0.39, 0.29) is 30.1 Å². The largest absolute Gasteiger partial charge is 0.496 e. The zero-order chi connectivity index (χ0) is 17.2. The second kappa shape index (κ2) is 11.7. The molecule has 1 aromatic carbocycles. The average molecular weight is 358 g/mol. The summed E-state index contributed by atoms with van der Waals surface area (Å²) >= 11 is 0. The lowest BCUT2D eigenvalue weighted by atomic mass is 10.0. The Kier molecular flexibility index (Phi) is 10.8. The molecule has 6 nitrogen and oxygen atoms in total. The van der Waals surface area contributed by atoms with Gasteiger partial charge in [-0.1, -0.05) is 26.0 Å². The number of methoxy groups -OCH3 is 1. The van der Waals surface area contributed by atoms with Gasteiger partial charge in [0.05, 0.1) is 12.7 Å². The number of rotatable bonds is 9. The number of halogens is 1. The van der Waals surface area contributed by atoms with Crippen LogP contribution in [0.5, 0.6) is 5.75 Å². The molecule has 24 heavy (non-hydrogen) atoms. The Hall–Kier alpha value is -1.79. The molecule has 0 radical (unpaired) electrons. The standard InChI is InChI=1S/C17H27N3O3.ClH/c1-12(2)15(17(22)19-11-7-10-18-3)20-16(21)13-8-5-6-9-14(13)23-4;/h5-6,8-9,12,15,18H,7,10-11H2,1-4H3,(H,19,22)(H,20,21);1H. The minimum Gasteiger partial charge on any atom is -0.496 e. The molecule has 2 amide bonds. The second-order valence-electron chi connectivity index (χ2n) is 5.64. The first-order chi connectivity index (χ1) is 11.0. The number of benzene rings is 1. The number of nitrogens with one attached hydrogen (secondary N) is 3. The number of carbonyl (C=O) groups excluding carboxylic acids is 2. The third kappa shape index (κ3) is 6.76. The number of ether oxygens (including phenoxy) is 1. The van der Waals surface area contributed by atoms with Crippen LogP contribution >= 0.6 is 12.4 Å². The number of para-hydroxylation sites is 1. The van der Waals surface area contributed by atoms with Crippen LogP contribution in [0.15, 0.2) is 24.3 Å². The van der Waals surface area contributed by atoms with Gasteiger partial charge in [-0.2, -0.15) is 0 Å². The zero-order valence-electron chi connectivity index (χ0n) is 14.7. The normalized spacial score (nSPS) is 11.4. The molecule has 1 unspecified atom stereocenters. The number of hydrogen-bond acceptors (Lipinski definition) is 4. The van der Waals surface area contributed by atoms with E-state index in [4.69, 9.17) is 4.74 Å². The van der Waals surface area contributed by atoms with Crippen LogP contribution < -0.4 is 20.7 Å². The topological polar surface area (TPSA) is 79.5 Å². The molecule has 0 saturated heterocycles. The smallest absolute Gasteiger partial charge is 0.255 e. The van der Waals surface area contributed by atoms with E-state index in [1.54, 1.807) is 24.3 Å². The molecule has 0 heterocycles. The molecule has 136 valence electrons. The predicted octanol–water partition coefficient (Wildman–Crippen LogP) is 1.60. The van der Waals surface area contributed by atoms with E-state index in [1.165, 1.54) is 7.11 Å². The highest BCUT2D eigenvalue weighted by atomic mass is 35.5. The predicted molar refractivity (Wildman–Crippen MR) is 97.9 cm³/mol. The van der Waals surface area contributed by atoms with Crippen LogP contribution in [0.4, 0.5) is 0 Å². The van der Waals surface area contributed by atoms with Crippen molar-refractivity contribution in [3.05, 3.63) is 29.8 Å². The molecule has 0 aliphatic heterocycles. The highest BCUT2D eigenvalue weighted by Crippen LogP contribution is 2.17. The zero-order valence-corrected chi connectivity index (χ0v) is 15.5. The van der Waals surface area contributed by atoms with E-state index in [0.29, 0.717) is 17.9 Å². The van der Waals surface area contributed by atoms with Gasteiger partial charge in [0.1, 0.15) is 11.8 Å². The van der Waals surface area contributed by atoms with Gasteiger partial charge in [0, 0.05) is 6.54 Å². The molecule has 3 N–H and O–H groups in total. The number of amides is 2. The van der Waals surface area contributed by atoms with E-state index in [0.717, 1.165) is 13.0 Å². The Morgan fingerprint density at radius 2 is 1.83 bits per heavy atom. The highest BCUT2D eigenvalue weighted by molar-refractivity contribution is 5.99. The van der Waals surface area contributed by atoms with E-state index in [2.05, 4.69) is 16.0 Å². The number of hydrogen-bond donors (Lipinski definition) is 3. The van der Waals surface area contributed by atoms with Gasteiger partial charge >= 0.3 is 0 Å². The summed E-state index contributed by atoms with van der Waals surface area (Å²) in [6, 6.07) is 6.37. The molecule has 0 saturated carbocycles. The second-order valence-corrected chi connectivity index (χ2v) is 5.64. The fraction of sp³-hybridized carbons (Fsp3) is 0.529. The third-order valence-corrected chi connectivity index (χ3v) is 3.49. The summed E-state index contributed by atoms with van der Waals surface area (Å²) in [6.07, 6.45) is 0.841. The summed E-state index contributed by atoms with van der Waals surface area (Å²) in [6.45, 7) is 5.22. The molecule has 1 rings (SSSR count). The number of carbonyl (C=O) groups is 2. The SMILES string of the molecule is CNCCCNC(=O)C(NC(=O)c1ccccc1OC)C(C)C.Cl. The van der Waals surface area contributed by atoms with Crippen molar-refractivity contribution in [2.75, 3.05) is 27.2 Å². The molecule has 0 aliphatic rings. The summed E-state index contributed by atoms with van der Waals surface area (Å²) in [7, 11) is 3.38. The molecule has 0 aromatic heterocycles. The lowest BCUT2D eigenvalue weighted by Gasteiger charge is -2.22. The first-order valence-corrected chi connectivity index (χ1v) is 7.87. The van der Waals surface area contributed by atoms with Gasteiger partial charge in [0.25, 0.3) is 5.91 Å². The molecular weight excluding hydrogens is 330 g/mol. The molecule has 0 bridgehead atoms. The lowest BCUT2D eigenvalue weighted by Crippen LogP contribution is -2.50.